The van der Waals surface area contributed by atoms with Crippen molar-refractivity contribution in [3.8, 4) is 0 Å². The first kappa shape index (κ1) is 15.0. The minimum Gasteiger partial charge on any atom is -0.203 e. The van der Waals surface area contributed by atoms with E-state index in [1.165, 1.54) is 0 Å². The molecule has 18 heavy (non-hydrogen) atoms. The molecule has 0 atom stereocenters. The van der Waals surface area contributed by atoms with Crippen LogP contribution in [0.4, 0.5) is 17.6 Å². The van der Waals surface area contributed by atoms with E-state index in [1.807, 2.05) is 0 Å². The zero-order chi connectivity index (χ0) is 14.5. The fourth-order valence-electron chi connectivity index (χ4n) is 2.04. The first-order valence-corrected chi connectivity index (χ1v) is 5.76. The standard InChI is InChI=1S/C14H18F4/c1-13(2,3)7-8(14(4,5)6)10(16)12(18)11(17)9(7)15/h1-6H3. The molecule has 0 aliphatic heterocycles. The SMILES string of the molecule is CC(C)(C)c1c(F)c(F)c(F)c(F)c1C(C)(C)C. The quantitative estimate of drug-likeness (QED) is 0.356. The second-order valence-electron chi connectivity index (χ2n) is 6.51. The number of rotatable bonds is 0. The molecule has 0 heterocycles. The van der Waals surface area contributed by atoms with E-state index in [2.05, 4.69) is 0 Å². The molecule has 1 aromatic rings. The maximum Gasteiger partial charge on any atom is 0.197 e. The number of benzene rings is 1. The summed E-state index contributed by atoms with van der Waals surface area (Å²) in [6.45, 7) is 9.82. The van der Waals surface area contributed by atoms with Gasteiger partial charge < -0.3 is 0 Å². The molecule has 0 aliphatic carbocycles. The zero-order valence-corrected chi connectivity index (χ0v) is 11.5. The summed E-state index contributed by atoms with van der Waals surface area (Å²) in [6, 6.07) is 0. The molecule has 0 saturated heterocycles. The molecule has 0 aromatic heterocycles. The van der Waals surface area contributed by atoms with Gasteiger partial charge in [-0.05, 0) is 10.8 Å². The Morgan fingerprint density at radius 1 is 0.500 bits per heavy atom. The van der Waals surface area contributed by atoms with Crippen LogP contribution in [0.15, 0.2) is 0 Å². The molecule has 0 saturated carbocycles. The van der Waals surface area contributed by atoms with E-state index in [-0.39, 0.29) is 11.1 Å². The minimum atomic E-state index is -1.74. The van der Waals surface area contributed by atoms with Gasteiger partial charge in [-0.1, -0.05) is 41.5 Å². The summed E-state index contributed by atoms with van der Waals surface area (Å²) >= 11 is 0. The Hall–Kier alpha value is -1.06. The molecule has 0 unspecified atom stereocenters. The summed E-state index contributed by atoms with van der Waals surface area (Å²) in [5, 5.41) is 0. The van der Waals surface area contributed by atoms with Gasteiger partial charge in [0.15, 0.2) is 23.3 Å². The lowest BCUT2D eigenvalue weighted by Gasteiger charge is -2.31. The van der Waals surface area contributed by atoms with E-state index in [9.17, 15) is 17.6 Å². The van der Waals surface area contributed by atoms with Crippen LogP contribution in [0, 0.1) is 23.3 Å². The van der Waals surface area contributed by atoms with Crippen molar-refractivity contribution in [2.24, 2.45) is 0 Å². The van der Waals surface area contributed by atoms with Gasteiger partial charge in [0.25, 0.3) is 0 Å². The summed E-state index contributed by atoms with van der Waals surface area (Å²) in [7, 11) is 0. The Bertz CT molecular complexity index is 431. The fourth-order valence-corrected chi connectivity index (χ4v) is 2.04. The number of hydrogen-bond donors (Lipinski definition) is 0. The largest absolute Gasteiger partial charge is 0.203 e. The number of hydrogen-bond acceptors (Lipinski definition) is 0. The Morgan fingerprint density at radius 2 is 0.722 bits per heavy atom. The van der Waals surface area contributed by atoms with Crippen molar-refractivity contribution < 1.29 is 17.6 Å². The van der Waals surface area contributed by atoms with Gasteiger partial charge in [0.2, 0.25) is 0 Å². The van der Waals surface area contributed by atoms with Gasteiger partial charge in [-0.25, -0.2) is 17.6 Å². The molecule has 1 aromatic carbocycles. The molecular weight excluding hydrogens is 244 g/mol. The third-order valence-electron chi connectivity index (χ3n) is 2.77. The van der Waals surface area contributed by atoms with Crippen LogP contribution < -0.4 is 0 Å². The first-order chi connectivity index (χ1) is 7.89. The highest BCUT2D eigenvalue weighted by molar-refractivity contribution is 5.41. The topological polar surface area (TPSA) is 0 Å². The van der Waals surface area contributed by atoms with Crippen molar-refractivity contribution in [1.82, 2.24) is 0 Å². The molecule has 0 spiro atoms. The lowest BCUT2D eigenvalue weighted by atomic mass is 9.74. The molecule has 1 rings (SSSR count). The maximum absolute atomic E-state index is 13.9. The summed E-state index contributed by atoms with van der Waals surface area (Å²) in [5.74, 6) is -6.09. The first-order valence-electron chi connectivity index (χ1n) is 5.76. The van der Waals surface area contributed by atoms with E-state index >= 15 is 0 Å². The van der Waals surface area contributed by atoms with Crippen molar-refractivity contribution in [2.75, 3.05) is 0 Å². The Balaban J connectivity index is 3.89. The lowest BCUT2D eigenvalue weighted by Crippen LogP contribution is -2.27. The summed E-state index contributed by atoms with van der Waals surface area (Å²) in [4.78, 5) is 0. The van der Waals surface area contributed by atoms with Crippen LogP contribution in [-0.4, -0.2) is 0 Å². The van der Waals surface area contributed by atoms with Crippen molar-refractivity contribution >= 4 is 0 Å². The van der Waals surface area contributed by atoms with Crippen LogP contribution in [0.5, 0.6) is 0 Å². The average Bonchev–Trinajstić information content (AvgIpc) is 2.16. The monoisotopic (exact) mass is 262 g/mol. The van der Waals surface area contributed by atoms with E-state index in [4.69, 9.17) is 0 Å². The van der Waals surface area contributed by atoms with Crippen LogP contribution in [-0.2, 0) is 10.8 Å². The summed E-state index contributed by atoms with van der Waals surface area (Å²) in [6.07, 6.45) is 0. The normalized spacial score (nSPS) is 13.0. The minimum absolute atomic E-state index is 0.105. The van der Waals surface area contributed by atoms with Crippen molar-refractivity contribution in [3.63, 3.8) is 0 Å². The predicted octanol–water partition coefficient (Wildman–Crippen LogP) is 4.84. The van der Waals surface area contributed by atoms with Gasteiger partial charge in [-0.3, -0.25) is 0 Å². The van der Waals surface area contributed by atoms with E-state index in [0.29, 0.717) is 0 Å². The van der Waals surface area contributed by atoms with Gasteiger partial charge in [0, 0.05) is 11.1 Å². The van der Waals surface area contributed by atoms with Crippen LogP contribution >= 0.6 is 0 Å². The predicted molar refractivity (Wildman–Crippen MR) is 63.7 cm³/mol. The Morgan fingerprint density at radius 3 is 0.889 bits per heavy atom. The van der Waals surface area contributed by atoms with E-state index in [1.54, 1.807) is 41.5 Å². The van der Waals surface area contributed by atoms with Gasteiger partial charge >= 0.3 is 0 Å². The number of halogens is 4. The zero-order valence-electron chi connectivity index (χ0n) is 11.5. The molecule has 4 heteroatoms. The average molecular weight is 262 g/mol. The third kappa shape index (κ3) is 2.38. The second kappa shape index (κ2) is 4.25. The molecule has 0 bridgehead atoms. The van der Waals surface area contributed by atoms with Crippen LogP contribution in [0.2, 0.25) is 0 Å². The van der Waals surface area contributed by atoms with Gasteiger partial charge in [-0.15, -0.1) is 0 Å². The molecule has 0 amide bonds. The molecule has 0 N–H and O–H groups in total. The van der Waals surface area contributed by atoms with Crippen molar-refractivity contribution in [2.45, 2.75) is 52.4 Å². The highest BCUT2D eigenvalue weighted by Gasteiger charge is 2.36. The molecule has 0 fully saturated rings. The summed E-state index contributed by atoms with van der Waals surface area (Å²) in [5.41, 5.74) is -1.85. The highest BCUT2D eigenvalue weighted by atomic mass is 19.2. The Labute approximate surface area is 105 Å². The van der Waals surface area contributed by atoms with Crippen LogP contribution in [0.1, 0.15) is 52.7 Å². The van der Waals surface area contributed by atoms with Crippen LogP contribution in [0.3, 0.4) is 0 Å². The van der Waals surface area contributed by atoms with Gasteiger partial charge in [0.1, 0.15) is 0 Å². The molecular formula is C14H18F4. The lowest BCUT2D eigenvalue weighted by molar-refractivity contribution is 0.368. The highest BCUT2D eigenvalue weighted by Crippen LogP contribution is 2.39. The fraction of sp³-hybridized carbons (Fsp3) is 0.571. The third-order valence-corrected chi connectivity index (χ3v) is 2.77. The van der Waals surface area contributed by atoms with Gasteiger partial charge in [0.05, 0.1) is 0 Å². The molecule has 0 nitrogen and oxygen atoms in total. The molecule has 0 aliphatic rings. The van der Waals surface area contributed by atoms with Gasteiger partial charge in [-0.2, -0.15) is 0 Å². The summed E-state index contributed by atoms with van der Waals surface area (Å²) < 4.78 is 54.6. The van der Waals surface area contributed by atoms with E-state index < -0.39 is 34.1 Å². The van der Waals surface area contributed by atoms with E-state index in [0.717, 1.165) is 0 Å². The van der Waals surface area contributed by atoms with Crippen molar-refractivity contribution in [3.05, 3.63) is 34.4 Å². The Kier molecular flexibility index (Phi) is 3.54. The van der Waals surface area contributed by atoms with Crippen molar-refractivity contribution in [1.29, 1.82) is 0 Å². The second-order valence-corrected chi connectivity index (χ2v) is 6.51. The molecule has 102 valence electrons. The molecule has 0 radical (unpaired) electrons. The van der Waals surface area contributed by atoms with Crippen LogP contribution in [0.25, 0.3) is 0 Å². The smallest absolute Gasteiger partial charge is 0.197 e. The maximum atomic E-state index is 13.9.